The molecule has 206 valence electrons. The van der Waals surface area contributed by atoms with E-state index in [2.05, 4.69) is 34.6 Å². The number of carbonyl (C=O) groups excluding carboxylic acids is 3. The zero-order chi connectivity index (χ0) is 26.7. The molecule has 1 saturated carbocycles. The number of fused-ring (bicyclic) bond motifs is 2. The minimum Gasteiger partial charge on any atom is -0.370 e. The van der Waals surface area contributed by atoms with Gasteiger partial charge in [0.25, 0.3) is 5.91 Å². The molecule has 9 nitrogen and oxygen atoms in total. The Morgan fingerprint density at radius 1 is 1.08 bits per heavy atom. The van der Waals surface area contributed by atoms with Gasteiger partial charge in [0.2, 0.25) is 5.91 Å². The lowest BCUT2D eigenvalue weighted by Crippen LogP contribution is -2.55. The molecule has 4 amide bonds. The SMILES string of the molecule is NC(N)=NCCC[C@H]1NC(=O)N([C@H](CC2CCCCC2)C(=O)N2CCC3(CCc4ccccc43)CC2)C1=O. The Morgan fingerprint density at radius 3 is 2.55 bits per heavy atom. The van der Waals surface area contributed by atoms with Crippen molar-refractivity contribution in [3.63, 3.8) is 0 Å². The van der Waals surface area contributed by atoms with Crippen LogP contribution < -0.4 is 16.8 Å². The number of benzene rings is 1. The van der Waals surface area contributed by atoms with Crippen molar-refractivity contribution in [3.8, 4) is 0 Å². The van der Waals surface area contributed by atoms with Crippen LogP contribution in [0.4, 0.5) is 4.79 Å². The summed E-state index contributed by atoms with van der Waals surface area (Å²) in [6, 6.07) is 6.89. The number of hydrogen-bond donors (Lipinski definition) is 3. The largest absolute Gasteiger partial charge is 0.370 e. The van der Waals surface area contributed by atoms with Gasteiger partial charge in [-0.15, -0.1) is 0 Å². The number of hydrogen-bond acceptors (Lipinski definition) is 4. The van der Waals surface area contributed by atoms with Crippen LogP contribution in [0.2, 0.25) is 0 Å². The molecule has 1 aromatic rings. The first kappa shape index (κ1) is 26.5. The maximum absolute atomic E-state index is 14.0. The average Bonchev–Trinajstić information content (AvgIpc) is 3.42. The van der Waals surface area contributed by atoms with Crippen molar-refractivity contribution in [1.29, 1.82) is 0 Å². The highest BCUT2D eigenvalue weighted by molar-refractivity contribution is 6.07. The summed E-state index contributed by atoms with van der Waals surface area (Å²) in [6.45, 7) is 1.73. The Morgan fingerprint density at radius 2 is 1.82 bits per heavy atom. The standard InChI is InChI=1S/C29H42N6O3/c30-27(31)32-16-6-11-23-25(36)35(28(38)33-23)24(19-20-7-2-1-3-8-20)26(37)34-17-14-29(15-18-34)13-12-21-9-4-5-10-22(21)29/h4-5,9-10,20,23-24H,1-3,6-8,11-19H2,(H,33,38)(H4,30,31,32)/t23-,24-/m1/s1. The number of aliphatic imine (C=N–C) groups is 1. The van der Waals surface area contributed by atoms with Gasteiger partial charge in [-0.1, -0.05) is 56.4 Å². The summed E-state index contributed by atoms with van der Waals surface area (Å²) in [5.41, 5.74) is 13.8. The third-order valence-electron chi connectivity index (χ3n) is 9.37. The summed E-state index contributed by atoms with van der Waals surface area (Å²) >= 11 is 0. The van der Waals surface area contributed by atoms with Crippen LogP contribution in [0.1, 0.15) is 81.8 Å². The zero-order valence-corrected chi connectivity index (χ0v) is 22.4. The molecule has 0 bridgehead atoms. The fourth-order valence-corrected chi connectivity index (χ4v) is 7.25. The van der Waals surface area contributed by atoms with Gasteiger partial charge in [0.05, 0.1) is 0 Å². The number of nitrogens with one attached hydrogen (secondary N) is 1. The second-order valence-corrected chi connectivity index (χ2v) is 11.7. The summed E-state index contributed by atoms with van der Waals surface area (Å²) in [5, 5.41) is 2.82. The van der Waals surface area contributed by atoms with E-state index in [1.807, 2.05) is 4.90 Å². The van der Waals surface area contributed by atoms with Crippen LogP contribution in [0.5, 0.6) is 0 Å². The van der Waals surface area contributed by atoms with Gasteiger partial charge in [-0.2, -0.15) is 0 Å². The molecule has 9 heteroatoms. The molecular formula is C29H42N6O3. The number of aryl methyl sites for hydroxylation is 1. The third kappa shape index (κ3) is 5.38. The van der Waals surface area contributed by atoms with E-state index in [9.17, 15) is 14.4 Å². The highest BCUT2D eigenvalue weighted by Gasteiger charge is 2.48. The molecule has 2 aliphatic carbocycles. The predicted molar refractivity (Wildman–Crippen MR) is 146 cm³/mol. The van der Waals surface area contributed by atoms with Gasteiger partial charge < -0.3 is 21.7 Å². The lowest BCUT2D eigenvalue weighted by molar-refractivity contribution is -0.144. The summed E-state index contributed by atoms with van der Waals surface area (Å²) in [4.78, 5) is 47.7. The van der Waals surface area contributed by atoms with E-state index >= 15 is 0 Å². The highest BCUT2D eigenvalue weighted by atomic mass is 16.2. The molecule has 2 atom stereocenters. The van der Waals surface area contributed by atoms with Crippen LogP contribution in [0.25, 0.3) is 0 Å². The van der Waals surface area contributed by atoms with E-state index in [1.165, 1.54) is 22.4 Å². The molecule has 38 heavy (non-hydrogen) atoms. The van der Waals surface area contributed by atoms with Crippen LogP contribution in [0.3, 0.4) is 0 Å². The van der Waals surface area contributed by atoms with E-state index in [0.717, 1.165) is 51.4 Å². The lowest BCUT2D eigenvalue weighted by atomic mass is 9.73. The normalized spacial score (nSPS) is 23.8. The van der Waals surface area contributed by atoms with Crippen LogP contribution in [-0.4, -0.2) is 65.3 Å². The number of piperidine rings is 1. The first-order valence-corrected chi connectivity index (χ1v) is 14.4. The molecule has 4 aliphatic rings. The molecule has 0 radical (unpaired) electrons. The van der Waals surface area contributed by atoms with Gasteiger partial charge >= 0.3 is 6.03 Å². The Bertz CT molecular complexity index is 1070. The smallest absolute Gasteiger partial charge is 0.325 e. The first-order valence-electron chi connectivity index (χ1n) is 14.4. The van der Waals surface area contributed by atoms with E-state index in [0.29, 0.717) is 44.8 Å². The van der Waals surface area contributed by atoms with E-state index in [-0.39, 0.29) is 23.2 Å². The number of urea groups is 1. The topological polar surface area (TPSA) is 134 Å². The fraction of sp³-hybridized carbons (Fsp3) is 0.655. The molecule has 2 saturated heterocycles. The highest BCUT2D eigenvalue weighted by Crippen LogP contribution is 2.46. The van der Waals surface area contributed by atoms with E-state index < -0.39 is 18.1 Å². The van der Waals surface area contributed by atoms with E-state index in [1.54, 1.807) is 0 Å². The van der Waals surface area contributed by atoms with Crippen LogP contribution in [-0.2, 0) is 21.4 Å². The second kappa shape index (κ2) is 11.3. The molecule has 5 rings (SSSR count). The van der Waals surface area contributed by atoms with Crippen LogP contribution in [0.15, 0.2) is 29.3 Å². The lowest BCUT2D eigenvalue weighted by Gasteiger charge is -2.42. The predicted octanol–water partition coefficient (Wildman–Crippen LogP) is 2.81. The number of rotatable bonds is 8. The summed E-state index contributed by atoms with van der Waals surface area (Å²) in [6.07, 6.45) is 11.3. The van der Waals surface area contributed by atoms with Crippen molar-refractivity contribution in [2.75, 3.05) is 19.6 Å². The number of guanidine groups is 1. The molecule has 2 heterocycles. The molecule has 1 spiro atoms. The molecule has 5 N–H and O–H groups in total. The number of carbonyl (C=O) groups is 3. The number of nitrogens with zero attached hydrogens (tertiary/aromatic N) is 3. The van der Waals surface area contributed by atoms with Crippen molar-refractivity contribution in [3.05, 3.63) is 35.4 Å². The van der Waals surface area contributed by atoms with Gasteiger partial charge in [-0.25, -0.2) is 9.69 Å². The summed E-state index contributed by atoms with van der Waals surface area (Å²) in [7, 11) is 0. The van der Waals surface area contributed by atoms with Crippen molar-refractivity contribution in [2.45, 2.75) is 94.5 Å². The van der Waals surface area contributed by atoms with Gasteiger partial charge in [0.15, 0.2) is 5.96 Å². The number of amides is 4. The molecule has 0 aromatic heterocycles. The van der Waals surface area contributed by atoms with Crippen molar-refractivity contribution in [1.82, 2.24) is 15.1 Å². The first-order chi connectivity index (χ1) is 18.4. The Balaban J connectivity index is 1.29. The molecule has 1 aromatic carbocycles. The van der Waals surface area contributed by atoms with Crippen molar-refractivity contribution < 1.29 is 14.4 Å². The van der Waals surface area contributed by atoms with Crippen LogP contribution >= 0.6 is 0 Å². The van der Waals surface area contributed by atoms with Crippen LogP contribution in [0, 0.1) is 5.92 Å². The third-order valence-corrected chi connectivity index (χ3v) is 9.37. The van der Waals surface area contributed by atoms with Gasteiger partial charge in [-0.05, 0) is 67.4 Å². The average molecular weight is 523 g/mol. The summed E-state index contributed by atoms with van der Waals surface area (Å²) in [5.74, 6) is 0.00133. The van der Waals surface area contributed by atoms with Gasteiger partial charge in [-0.3, -0.25) is 14.6 Å². The quantitative estimate of drug-likeness (QED) is 0.209. The second-order valence-electron chi connectivity index (χ2n) is 11.7. The molecular weight excluding hydrogens is 480 g/mol. The summed E-state index contributed by atoms with van der Waals surface area (Å²) < 4.78 is 0. The molecule has 0 unspecified atom stereocenters. The zero-order valence-electron chi connectivity index (χ0n) is 22.4. The Kier molecular flexibility index (Phi) is 7.91. The van der Waals surface area contributed by atoms with Gasteiger partial charge in [0, 0.05) is 19.6 Å². The minimum atomic E-state index is -0.738. The molecule has 2 aliphatic heterocycles. The Hall–Kier alpha value is -3.10. The number of nitrogens with two attached hydrogens (primary N) is 2. The number of likely N-dealkylation sites (tertiary alicyclic amines) is 1. The maximum atomic E-state index is 14.0. The number of imide groups is 1. The monoisotopic (exact) mass is 522 g/mol. The maximum Gasteiger partial charge on any atom is 0.325 e. The molecule has 3 fully saturated rings. The minimum absolute atomic E-state index is 0.0101. The van der Waals surface area contributed by atoms with Crippen molar-refractivity contribution in [2.24, 2.45) is 22.4 Å². The van der Waals surface area contributed by atoms with E-state index in [4.69, 9.17) is 11.5 Å². The fourth-order valence-electron chi connectivity index (χ4n) is 7.25. The Labute approximate surface area is 225 Å². The van der Waals surface area contributed by atoms with Gasteiger partial charge in [0.1, 0.15) is 12.1 Å². The van der Waals surface area contributed by atoms with Crippen molar-refractivity contribution >= 4 is 23.8 Å².